The lowest BCUT2D eigenvalue weighted by atomic mass is 9.94. The fourth-order valence-electron chi connectivity index (χ4n) is 2.69. The van der Waals surface area contributed by atoms with Gasteiger partial charge >= 0.3 is 0 Å². The number of aliphatic hydroxyl groups excluding tert-OH is 1. The van der Waals surface area contributed by atoms with E-state index < -0.39 is 6.10 Å². The van der Waals surface area contributed by atoms with E-state index in [9.17, 15) is 5.11 Å². The summed E-state index contributed by atoms with van der Waals surface area (Å²) in [5.74, 6) is -0.149. The summed E-state index contributed by atoms with van der Waals surface area (Å²) in [4.78, 5) is 0. The minimum Gasteiger partial charge on any atom is -0.392 e. The molecule has 0 saturated carbocycles. The summed E-state index contributed by atoms with van der Waals surface area (Å²) >= 11 is 0. The van der Waals surface area contributed by atoms with Gasteiger partial charge in [0, 0.05) is 0 Å². The molecular formula is C18H35NO. The van der Waals surface area contributed by atoms with Crippen molar-refractivity contribution in [1.82, 2.24) is 0 Å². The van der Waals surface area contributed by atoms with Crippen LogP contribution in [-0.4, -0.2) is 11.2 Å². The van der Waals surface area contributed by atoms with Gasteiger partial charge in [0.25, 0.3) is 0 Å². The maximum Gasteiger partial charge on any atom is 0.0722 e. The molecule has 0 aromatic heterocycles. The van der Waals surface area contributed by atoms with Crippen molar-refractivity contribution < 1.29 is 5.11 Å². The van der Waals surface area contributed by atoms with Crippen molar-refractivity contribution in [2.75, 3.05) is 0 Å². The fourth-order valence-corrected chi connectivity index (χ4v) is 2.69. The molecule has 2 atom stereocenters. The minimum absolute atomic E-state index is 0.149. The Kier molecular flexibility index (Phi) is 14.4. The first-order valence-corrected chi connectivity index (χ1v) is 8.83. The molecule has 2 unspecified atom stereocenters. The molecule has 1 N–H and O–H groups in total. The van der Waals surface area contributed by atoms with Crippen molar-refractivity contribution in [1.29, 1.82) is 5.26 Å². The van der Waals surface area contributed by atoms with Crippen molar-refractivity contribution >= 4 is 0 Å². The van der Waals surface area contributed by atoms with Gasteiger partial charge in [-0.05, 0) is 12.8 Å². The second-order valence-electron chi connectivity index (χ2n) is 6.06. The van der Waals surface area contributed by atoms with Crippen LogP contribution in [0.4, 0.5) is 0 Å². The quantitative estimate of drug-likeness (QED) is 0.421. The van der Waals surface area contributed by atoms with Crippen molar-refractivity contribution in [3.8, 4) is 6.07 Å². The van der Waals surface area contributed by atoms with E-state index in [-0.39, 0.29) is 5.92 Å². The third kappa shape index (κ3) is 11.3. The smallest absolute Gasteiger partial charge is 0.0722 e. The van der Waals surface area contributed by atoms with Gasteiger partial charge in [-0.3, -0.25) is 0 Å². The lowest BCUT2D eigenvalue weighted by Crippen LogP contribution is -2.18. The maximum atomic E-state index is 9.83. The summed E-state index contributed by atoms with van der Waals surface area (Å²) in [5, 5.41) is 18.9. The Bertz CT molecular complexity index is 234. The zero-order valence-corrected chi connectivity index (χ0v) is 13.7. The first kappa shape index (κ1) is 19.4. The molecule has 2 heteroatoms. The number of nitriles is 1. The average molecular weight is 281 g/mol. The van der Waals surface area contributed by atoms with Gasteiger partial charge in [-0.25, -0.2) is 0 Å². The molecule has 0 bridgehead atoms. The summed E-state index contributed by atoms with van der Waals surface area (Å²) in [7, 11) is 0. The molecule has 0 aliphatic heterocycles. The van der Waals surface area contributed by atoms with Gasteiger partial charge in [0.15, 0.2) is 0 Å². The summed E-state index contributed by atoms with van der Waals surface area (Å²) < 4.78 is 0. The molecule has 0 aliphatic rings. The Morgan fingerprint density at radius 2 is 1.25 bits per heavy atom. The molecule has 0 fully saturated rings. The number of unbranched alkanes of at least 4 members (excludes halogenated alkanes) is 9. The van der Waals surface area contributed by atoms with E-state index in [1.807, 2.05) is 0 Å². The molecule has 0 aromatic rings. The van der Waals surface area contributed by atoms with Crippen LogP contribution >= 0.6 is 0 Å². The Morgan fingerprint density at radius 3 is 1.70 bits per heavy atom. The average Bonchev–Trinajstić information content (AvgIpc) is 2.45. The van der Waals surface area contributed by atoms with Gasteiger partial charge < -0.3 is 5.11 Å². The van der Waals surface area contributed by atoms with Gasteiger partial charge in [-0.15, -0.1) is 0 Å². The molecular weight excluding hydrogens is 246 g/mol. The van der Waals surface area contributed by atoms with E-state index >= 15 is 0 Å². The normalized spacial score (nSPS) is 13.9. The molecule has 20 heavy (non-hydrogen) atoms. The van der Waals surface area contributed by atoms with Crippen molar-refractivity contribution in [3.63, 3.8) is 0 Å². The van der Waals surface area contributed by atoms with E-state index in [1.54, 1.807) is 0 Å². The highest BCUT2D eigenvalue weighted by Gasteiger charge is 2.16. The Labute approximate surface area is 126 Å². The number of aliphatic hydroxyl groups is 1. The molecule has 0 spiro atoms. The Balaban J connectivity index is 3.36. The Morgan fingerprint density at radius 1 is 0.750 bits per heavy atom. The van der Waals surface area contributed by atoms with Crippen LogP contribution < -0.4 is 0 Å². The summed E-state index contributed by atoms with van der Waals surface area (Å²) in [6.07, 6.45) is 15.4. The molecule has 0 rings (SSSR count). The van der Waals surface area contributed by atoms with E-state index in [4.69, 9.17) is 5.26 Å². The summed E-state index contributed by atoms with van der Waals surface area (Å²) in [6.45, 7) is 4.31. The number of hydrogen-bond acceptors (Lipinski definition) is 2. The standard InChI is InChI=1S/C18H35NO/c1-3-5-6-7-8-9-10-11-12-13-15-17(16-19)18(20)14-4-2/h17-18,20H,3-15H2,1-2H3. The fraction of sp³-hybridized carbons (Fsp3) is 0.944. The molecule has 0 saturated heterocycles. The van der Waals surface area contributed by atoms with Gasteiger partial charge in [-0.2, -0.15) is 5.26 Å². The molecule has 118 valence electrons. The molecule has 0 aromatic carbocycles. The third-order valence-electron chi connectivity index (χ3n) is 4.08. The van der Waals surface area contributed by atoms with Crippen molar-refractivity contribution in [3.05, 3.63) is 0 Å². The van der Waals surface area contributed by atoms with Gasteiger partial charge in [0.05, 0.1) is 18.1 Å². The lowest BCUT2D eigenvalue weighted by Gasteiger charge is -2.15. The summed E-state index contributed by atoms with van der Waals surface area (Å²) in [5.41, 5.74) is 0. The lowest BCUT2D eigenvalue weighted by molar-refractivity contribution is 0.117. The number of rotatable bonds is 14. The minimum atomic E-state index is -0.413. The molecule has 0 radical (unpaired) electrons. The highest BCUT2D eigenvalue weighted by Crippen LogP contribution is 2.18. The van der Waals surface area contributed by atoms with Crippen LogP contribution in [0.5, 0.6) is 0 Å². The summed E-state index contributed by atoms with van der Waals surface area (Å²) in [6, 6.07) is 2.27. The van der Waals surface area contributed by atoms with E-state index in [2.05, 4.69) is 19.9 Å². The third-order valence-corrected chi connectivity index (χ3v) is 4.08. The SMILES string of the molecule is CCCCCCCCCCCCC(C#N)C(O)CCC. The van der Waals surface area contributed by atoms with E-state index in [0.717, 1.165) is 25.7 Å². The number of nitrogens with zero attached hydrogens (tertiary/aromatic N) is 1. The first-order chi connectivity index (χ1) is 9.76. The zero-order chi connectivity index (χ0) is 15.1. The van der Waals surface area contributed by atoms with Gasteiger partial charge in [0.2, 0.25) is 0 Å². The van der Waals surface area contributed by atoms with E-state index in [0.29, 0.717) is 0 Å². The van der Waals surface area contributed by atoms with Gasteiger partial charge in [0.1, 0.15) is 0 Å². The zero-order valence-electron chi connectivity index (χ0n) is 13.7. The topological polar surface area (TPSA) is 44.0 Å². The van der Waals surface area contributed by atoms with Gasteiger partial charge in [-0.1, -0.05) is 84.5 Å². The second kappa shape index (κ2) is 14.9. The van der Waals surface area contributed by atoms with Crippen LogP contribution in [0.25, 0.3) is 0 Å². The van der Waals surface area contributed by atoms with E-state index in [1.165, 1.54) is 57.8 Å². The van der Waals surface area contributed by atoms with Crippen LogP contribution in [-0.2, 0) is 0 Å². The van der Waals surface area contributed by atoms with Crippen LogP contribution in [0.1, 0.15) is 97.3 Å². The van der Waals surface area contributed by atoms with Crippen molar-refractivity contribution in [2.24, 2.45) is 5.92 Å². The Hall–Kier alpha value is -0.550. The first-order valence-electron chi connectivity index (χ1n) is 8.83. The molecule has 0 heterocycles. The predicted molar refractivity (Wildman–Crippen MR) is 86.5 cm³/mol. The number of hydrogen-bond donors (Lipinski definition) is 1. The predicted octanol–water partition coefficient (Wildman–Crippen LogP) is 5.60. The highest BCUT2D eigenvalue weighted by molar-refractivity contribution is 4.87. The van der Waals surface area contributed by atoms with Crippen LogP contribution in [0.3, 0.4) is 0 Å². The van der Waals surface area contributed by atoms with Crippen LogP contribution in [0.2, 0.25) is 0 Å². The molecule has 0 amide bonds. The van der Waals surface area contributed by atoms with Crippen molar-refractivity contribution in [2.45, 2.75) is 103 Å². The molecule has 2 nitrogen and oxygen atoms in total. The highest BCUT2D eigenvalue weighted by atomic mass is 16.3. The van der Waals surface area contributed by atoms with Crippen LogP contribution in [0.15, 0.2) is 0 Å². The van der Waals surface area contributed by atoms with Crippen LogP contribution in [0, 0.1) is 17.2 Å². The molecule has 0 aliphatic carbocycles. The maximum absolute atomic E-state index is 9.83. The monoisotopic (exact) mass is 281 g/mol. The second-order valence-corrected chi connectivity index (χ2v) is 6.06. The largest absolute Gasteiger partial charge is 0.392 e.